The Hall–Kier alpha value is -1.75. The molecule has 0 aliphatic carbocycles. The van der Waals surface area contributed by atoms with E-state index >= 15 is 0 Å². The van der Waals surface area contributed by atoms with Crippen LogP contribution in [0.25, 0.3) is 0 Å². The summed E-state index contributed by atoms with van der Waals surface area (Å²) in [5.41, 5.74) is 1.80. The molecule has 0 atom stereocenters. The predicted molar refractivity (Wildman–Crippen MR) is 68.9 cm³/mol. The van der Waals surface area contributed by atoms with Crippen LogP contribution in [0, 0.1) is 6.92 Å². The molecule has 86 valence electrons. The number of rotatable bonds is 2. The van der Waals surface area contributed by atoms with Crippen LogP contribution in [0.4, 0.5) is 5.69 Å². The van der Waals surface area contributed by atoms with Crippen molar-refractivity contribution in [3.8, 4) is 0 Å². The minimum atomic E-state index is -0.268. The van der Waals surface area contributed by atoms with Crippen molar-refractivity contribution in [2.45, 2.75) is 6.92 Å². The molecule has 2 rings (SSSR count). The fourth-order valence-corrected chi connectivity index (χ4v) is 1.67. The van der Waals surface area contributed by atoms with Gasteiger partial charge in [-0.2, -0.15) is 0 Å². The van der Waals surface area contributed by atoms with Crippen molar-refractivity contribution in [3.05, 3.63) is 52.5 Å². The van der Waals surface area contributed by atoms with Crippen molar-refractivity contribution in [3.63, 3.8) is 0 Å². The number of benzene rings is 1. The van der Waals surface area contributed by atoms with Gasteiger partial charge in [0, 0.05) is 16.4 Å². The van der Waals surface area contributed by atoms with E-state index in [1.807, 2.05) is 31.2 Å². The number of nitrogens with one attached hydrogen (secondary N) is 1. The van der Waals surface area contributed by atoms with Crippen molar-refractivity contribution < 1.29 is 4.79 Å². The highest BCUT2D eigenvalue weighted by Gasteiger charge is 2.07. The number of carbonyl (C=O) groups excluding carboxylic acids is 1. The summed E-state index contributed by atoms with van der Waals surface area (Å²) in [6, 6.07) is 7.37. The summed E-state index contributed by atoms with van der Waals surface area (Å²) in [6.45, 7) is 1.82. The lowest BCUT2D eigenvalue weighted by atomic mass is 10.3. The molecule has 1 aromatic carbocycles. The summed E-state index contributed by atoms with van der Waals surface area (Å²) in [5.74, 6) is -0.268. The summed E-state index contributed by atoms with van der Waals surface area (Å²) >= 11 is 3.34. The number of amides is 1. The molecule has 1 heterocycles. The molecule has 2 aromatic rings. The average Bonchev–Trinajstić information content (AvgIpc) is 2.29. The quantitative estimate of drug-likeness (QED) is 0.926. The molecule has 5 heteroatoms. The predicted octanol–water partition coefficient (Wildman–Crippen LogP) is 2.80. The summed E-state index contributed by atoms with van der Waals surface area (Å²) in [4.78, 5) is 19.8. The first kappa shape index (κ1) is 11.7. The number of nitrogens with zero attached hydrogens (tertiary/aromatic N) is 2. The Bertz CT molecular complexity index is 540. The van der Waals surface area contributed by atoms with E-state index in [4.69, 9.17) is 0 Å². The lowest BCUT2D eigenvalue weighted by Crippen LogP contribution is -2.14. The van der Waals surface area contributed by atoms with Gasteiger partial charge in [-0.15, -0.1) is 0 Å². The van der Waals surface area contributed by atoms with Crippen LogP contribution in [0.2, 0.25) is 0 Å². The number of hydrogen-bond acceptors (Lipinski definition) is 3. The number of aryl methyl sites for hydroxylation is 1. The van der Waals surface area contributed by atoms with Gasteiger partial charge in [-0.3, -0.25) is 9.78 Å². The normalized spacial score (nSPS) is 10.0. The minimum absolute atomic E-state index is 0.268. The highest BCUT2D eigenvalue weighted by molar-refractivity contribution is 9.10. The molecule has 4 nitrogen and oxygen atoms in total. The number of hydrogen-bond donors (Lipinski definition) is 1. The second-order valence-corrected chi connectivity index (χ2v) is 4.42. The Kier molecular flexibility index (Phi) is 3.49. The van der Waals surface area contributed by atoms with E-state index < -0.39 is 0 Å². The molecule has 0 fully saturated rings. The van der Waals surface area contributed by atoms with Crippen LogP contribution in [0.5, 0.6) is 0 Å². The summed E-state index contributed by atoms with van der Waals surface area (Å²) in [5, 5.41) is 2.75. The Morgan fingerprint density at radius 2 is 2.12 bits per heavy atom. The third-order valence-electron chi connectivity index (χ3n) is 2.10. The van der Waals surface area contributed by atoms with Gasteiger partial charge in [0.05, 0.1) is 11.9 Å². The third-order valence-corrected chi connectivity index (χ3v) is 2.59. The number of halogens is 1. The number of carbonyl (C=O) groups is 1. The van der Waals surface area contributed by atoms with Gasteiger partial charge in [0.2, 0.25) is 0 Å². The topological polar surface area (TPSA) is 54.9 Å². The SMILES string of the molecule is Cc1cnc(C(=O)Nc2cccc(Br)c2)cn1. The molecular formula is C12H10BrN3O. The molecule has 0 spiro atoms. The van der Waals surface area contributed by atoms with Crippen LogP contribution < -0.4 is 5.32 Å². The minimum Gasteiger partial charge on any atom is -0.321 e. The monoisotopic (exact) mass is 291 g/mol. The van der Waals surface area contributed by atoms with Crippen LogP contribution in [-0.2, 0) is 0 Å². The fraction of sp³-hybridized carbons (Fsp3) is 0.0833. The van der Waals surface area contributed by atoms with Gasteiger partial charge >= 0.3 is 0 Å². The molecule has 1 amide bonds. The molecule has 1 N–H and O–H groups in total. The lowest BCUT2D eigenvalue weighted by Gasteiger charge is -2.04. The summed E-state index contributed by atoms with van der Waals surface area (Å²) in [6.07, 6.45) is 3.03. The zero-order chi connectivity index (χ0) is 12.3. The highest BCUT2D eigenvalue weighted by Crippen LogP contribution is 2.16. The fourth-order valence-electron chi connectivity index (χ4n) is 1.27. The molecule has 0 saturated carbocycles. The van der Waals surface area contributed by atoms with E-state index in [-0.39, 0.29) is 5.91 Å². The zero-order valence-electron chi connectivity index (χ0n) is 9.14. The van der Waals surface area contributed by atoms with E-state index in [0.29, 0.717) is 11.4 Å². The van der Waals surface area contributed by atoms with E-state index in [2.05, 4.69) is 31.2 Å². The first-order valence-corrected chi connectivity index (χ1v) is 5.80. The van der Waals surface area contributed by atoms with Gasteiger partial charge in [-0.1, -0.05) is 22.0 Å². The van der Waals surface area contributed by atoms with E-state index in [9.17, 15) is 4.79 Å². The van der Waals surface area contributed by atoms with E-state index in [1.165, 1.54) is 6.20 Å². The van der Waals surface area contributed by atoms with Crippen molar-refractivity contribution >= 4 is 27.5 Å². The Balaban J connectivity index is 2.14. The van der Waals surface area contributed by atoms with Gasteiger partial charge in [0.15, 0.2) is 0 Å². The highest BCUT2D eigenvalue weighted by atomic mass is 79.9. The number of aromatic nitrogens is 2. The Labute approximate surface area is 107 Å². The molecule has 0 aliphatic heterocycles. The molecule has 0 radical (unpaired) electrons. The maximum absolute atomic E-state index is 11.8. The molecule has 0 bridgehead atoms. The molecule has 17 heavy (non-hydrogen) atoms. The van der Waals surface area contributed by atoms with Gasteiger partial charge in [0.1, 0.15) is 5.69 Å². The van der Waals surface area contributed by atoms with Crippen molar-refractivity contribution in [1.82, 2.24) is 9.97 Å². The van der Waals surface area contributed by atoms with Crippen molar-refractivity contribution in [2.24, 2.45) is 0 Å². The molecule has 0 saturated heterocycles. The molecule has 0 aliphatic rings. The second kappa shape index (κ2) is 5.05. The second-order valence-electron chi connectivity index (χ2n) is 3.51. The molecular weight excluding hydrogens is 282 g/mol. The summed E-state index contributed by atoms with van der Waals surface area (Å²) in [7, 11) is 0. The van der Waals surface area contributed by atoms with Crippen LogP contribution in [0.1, 0.15) is 16.2 Å². The van der Waals surface area contributed by atoms with Crippen molar-refractivity contribution in [1.29, 1.82) is 0 Å². The summed E-state index contributed by atoms with van der Waals surface area (Å²) < 4.78 is 0.908. The molecule has 0 unspecified atom stereocenters. The van der Waals surface area contributed by atoms with Gasteiger partial charge < -0.3 is 5.32 Å². The van der Waals surface area contributed by atoms with Crippen LogP contribution in [0.15, 0.2) is 41.1 Å². The van der Waals surface area contributed by atoms with E-state index in [0.717, 1.165) is 10.2 Å². The Morgan fingerprint density at radius 3 is 2.76 bits per heavy atom. The average molecular weight is 292 g/mol. The maximum Gasteiger partial charge on any atom is 0.275 e. The van der Waals surface area contributed by atoms with Crippen LogP contribution in [-0.4, -0.2) is 15.9 Å². The van der Waals surface area contributed by atoms with Crippen LogP contribution >= 0.6 is 15.9 Å². The first-order chi connectivity index (χ1) is 8.15. The van der Waals surface area contributed by atoms with E-state index in [1.54, 1.807) is 6.20 Å². The Morgan fingerprint density at radius 1 is 1.29 bits per heavy atom. The first-order valence-electron chi connectivity index (χ1n) is 5.01. The third kappa shape index (κ3) is 3.10. The van der Waals surface area contributed by atoms with Crippen LogP contribution in [0.3, 0.4) is 0 Å². The van der Waals surface area contributed by atoms with Crippen molar-refractivity contribution in [2.75, 3.05) is 5.32 Å². The largest absolute Gasteiger partial charge is 0.321 e. The maximum atomic E-state index is 11.8. The number of anilines is 1. The zero-order valence-corrected chi connectivity index (χ0v) is 10.7. The standard InChI is InChI=1S/C12H10BrN3O/c1-8-6-15-11(7-14-8)12(17)16-10-4-2-3-9(13)5-10/h2-7H,1H3,(H,16,17). The van der Waals surface area contributed by atoms with Gasteiger partial charge in [-0.05, 0) is 25.1 Å². The lowest BCUT2D eigenvalue weighted by molar-refractivity contribution is 0.102. The van der Waals surface area contributed by atoms with Gasteiger partial charge in [-0.25, -0.2) is 4.98 Å². The van der Waals surface area contributed by atoms with Gasteiger partial charge in [0.25, 0.3) is 5.91 Å². The smallest absolute Gasteiger partial charge is 0.275 e. The molecule has 1 aromatic heterocycles.